The number of aryl methyl sites for hydroxylation is 1. The average Bonchev–Trinajstić information content (AvgIpc) is 2.64. The molecule has 1 heterocycles. The van der Waals surface area contributed by atoms with E-state index in [1.54, 1.807) is 9.80 Å². The molecule has 25 heavy (non-hydrogen) atoms. The monoisotopic (exact) mass is 338 g/mol. The third kappa shape index (κ3) is 3.56. The Hall–Kier alpha value is -2.66. The molecule has 1 atom stereocenters. The van der Waals surface area contributed by atoms with Crippen LogP contribution in [0.2, 0.25) is 0 Å². The van der Waals surface area contributed by atoms with Crippen molar-refractivity contribution in [2.24, 2.45) is 0 Å². The van der Waals surface area contributed by atoms with Crippen LogP contribution in [0.25, 0.3) is 0 Å². The van der Waals surface area contributed by atoms with Crippen molar-refractivity contribution in [2.45, 2.75) is 13.0 Å². The van der Waals surface area contributed by atoms with E-state index in [4.69, 9.17) is 4.74 Å². The fraction of sp³-hybridized carbons (Fsp3) is 0.300. The molecular formula is C20H22N2O3. The van der Waals surface area contributed by atoms with E-state index in [1.807, 2.05) is 61.5 Å². The smallest absolute Gasteiger partial charge is 0.256 e. The topological polar surface area (TPSA) is 49.9 Å². The Morgan fingerprint density at radius 3 is 2.36 bits per heavy atom. The van der Waals surface area contributed by atoms with Gasteiger partial charge in [0.05, 0.1) is 0 Å². The highest BCUT2D eigenvalue weighted by molar-refractivity contribution is 5.99. The van der Waals surface area contributed by atoms with Crippen molar-refractivity contribution in [3.63, 3.8) is 0 Å². The molecule has 0 aliphatic carbocycles. The molecule has 0 bridgehead atoms. The van der Waals surface area contributed by atoms with Crippen molar-refractivity contribution >= 4 is 17.5 Å². The van der Waals surface area contributed by atoms with E-state index in [9.17, 15) is 9.59 Å². The molecule has 2 amide bonds. The first kappa shape index (κ1) is 17.2. The summed E-state index contributed by atoms with van der Waals surface area (Å²) in [6, 6.07) is 17.1. The number of carbonyl (C=O) groups excluding carboxylic acids is 2. The van der Waals surface area contributed by atoms with Crippen LogP contribution in [0.15, 0.2) is 54.6 Å². The minimum atomic E-state index is -0.681. The van der Waals surface area contributed by atoms with Gasteiger partial charge in [-0.05, 0) is 24.1 Å². The summed E-state index contributed by atoms with van der Waals surface area (Å²) in [5.74, 6) is -0.247. The number of benzene rings is 2. The third-order valence-electron chi connectivity index (χ3n) is 4.50. The van der Waals surface area contributed by atoms with Crippen molar-refractivity contribution in [1.29, 1.82) is 0 Å². The second-order valence-electron chi connectivity index (χ2n) is 6.12. The van der Waals surface area contributed by atoms with Crippen LogP contribution >= 0.6 is 0 Å². The molecule has 0 N–H and O–H groups in total. The number of anilines is 1. The molecule has 5 heteroatoms. The SMILES string of the molecule is CO[C@H](C(=O)N1CCN(c2ccccc2C)C(=O)C1)c1ccccc1. The highest BCUT2D eigenvalue weighted by Crippen LogP contribution is 2.24. The van der Waals surface area contributed by atoms with E-state index in [2.05, 4.69) is 0 Å². The van der Waals surface area contributed by atoms with Crippen molar-refractivity contribution in [1.82, 2.24) is 4.90 Å². The third-order valence-corrected chi connectivity index (χ3v) is 4.50. The summed E-state index contributed by atoms with van der Waals surface area (Å²) in [5, 5.41) is 0. The van der Waals surface area contributed by atoms with Gasteiger partial charge in [-0.1, -0.05) is 48.5 Å². The Morgan fingerprint density at radius 1 is 1.04 bits per heavy atom. The van der Waals surface area contributed by atoms with E-state index in [0.717, 1.165) is 16.8 Å². The Labute approximate surface area is 147 Å². The molecule has 2 aromatic carbocycles. The van der Waals surface area contributed by atoms with Gasteiger partial charge in [-0.25, -0.2) is 0 Å². The zero-order valence-electron chi connectivity index (χ0n) is 14.5. The molecule has 130 valence electrons. The second kappa shape index (κ2) is 7.49. The highest BCUT2D eigenvalue weighted by Gasteiger charge is 2.32. The van der Waals surface area contributed by atoms with Crippen LogP contribution in [0.3, 0.4) is 0 Å². The summed E-state index contributed by atoms with van der Waals surface area (Å²) < 4.78 is 5.40. The molecule has 1 fully saturated rings. The fourth-order valence-electron chi connectivity index (χ4n) is 3.16. The zero-order chi connectivity index (χ0) is 17.8. The number of carbonyl (C=O) groups is 2. The van der Waals surface area contributed by atoms with Gasteiger partial charge in [-0.2, -0.15) is 0 Å². The minimum absolute atomic E-state index is 0.0693. The number of hydrogen-bond acceptors (Lipinski definition) is 3. The van der Waals surface area contributed by atoms with E-state index < -0.39 is 6.10 Å². The fourth-order valence-corrected chi connectivity index (χ4v) is 3.16. The first-order valence-corrected chi connectivity index (χ1v) is 8.34. The lowest BCUT2D eigenvalue weighted by Gasteiger charge is -2.36. The molecule has 3 rings (SSSR count). The summed E-state index contributed by atoms with van der Waals surface area (Å²) >= 11 is 0. The number of rotatable bonds is 4. The Kier molecular flexibility index (Phi) is 5.14. The summed E-state index contributed by atoms with van der Waals surface area (Å²) in [6.45, 7) is 3.03. The predicted molar refractivity (Wildman–Crippen MR) is 96.3 cm³/mol. The van der Waals surface area contributed by atoms with Crippen molar-refractivity contribution in [2.75, 3.05) is 31.6 Å². The van der Waals surface area contributed by atoms with Gasteiger partial charge in [-0.15, -0.1) is 0 Å². The molecule has 2 aromatic rings. The van der Waals surface area contributed by atoms with Crippen LogP contribution in [0.4, 0.5) is 5.69 Å². The van der Waals surface area contributed by atoms with Gasteiger partial charge in [0, 0.05) is 25.9 Å². The maximum atomic E-state index is 12.8. The maximum absolute atomic E-state index is 12.8. The summed E-state index contributed by atoms with van der Waals surface area (Å²) in [6.07, 6.45) is -0.681. The van der Waals surface area contributed by atoms with Gasteiger partial charge in [0.25, 0.3) is 5.91 Å². The number of nitrogens with zero attached hydrogens (tertiary/aromatic N) is 2. The van der Waals surface area contributed by atoms with Crippen LogP contribution in [-0.2, 0) is 14.3 Å². The molecule has 5 nitrogen and oxygen atoms in total. The lowest BCUT2D eigenvalue weighted by molar-refractivity contribution is -0.146. The molecule has 0 saturated carbocycles. The largest absolute Gasteiger partial charge is 0.367 e. The standard InChI is InChI=1S/C20H22N2O3/c1-15-8-6-7-11-17(15)22-13-12-21(14-18(22)23)20(24)19(25-2)16-9-4-3-5-10-16/h3-11,19H,12-14H2,1-2H3/t19-/m0/s1. The van der Waals surface area contributed by atoms with Crippen LogP contribution < -0.4 is 4.90 Å². The van der Waals surface area contributed by atoms with Gasteiger partial charge in [0.15, 0.2) is 6.10 Å². The van der Waals surface area contributed by atoms with Crippen LogP contribution in [0.1, 0.15) is 17.2 Å². The highest BCUT2D eigenvalue weighted by atomic mass is 16.5. The number of amides is 2. The van der Waals surface area contributed by atoms with E-state index in [0.29, 0.717) is 13.1 Å². The summed E-state index contributed by atoms with van der Waals surface area (Å²) in [5.41, 5.74) is 2.75. The van der Waals surface area contributed by atoms with Crippen LogP contribution in [-0.4, -0.2) is 43.5 Å². The van der Waals surface area contributed by atoms with Gasteiger partial charge in [0.2, 0.25) is 5.91 Å². The lowest BCUT2D eigenvalue weighted by atomic mass is 10.1. The van der Waals surface area contributed by atoms with Gasteiger partial charge in [0.1, 0.15) is 6.54 Å². The number of ether oxygens (including phenoxy) is 1. The maximum Gasteiger partial charge on any atom is 0.256 e. The van der Waals surface area contributed by atoms with Crippen molar-refractivity contribution in [3.8, 4) is 0 Å². The van der Waals surface area contributed by atoms with Gasteiger partial charge >= 0.3 is 0 Å². The first-order chi connectivity index (χ1) is 12.1. The van der Waals surface area contributed by atoms with Crippen LogP contribution in [0.5, 0.6) is 0 Å². The molecule has 1 saturated heterocycles. The first-order valence-electron chi connectivity index (χ1n) is 8.34. The quantitative estimate of drug-likeness (QED) is 0.861. The Morgan fingerprint density at radius 2 is 1.72 bits per heavy atom. The Bertz CT molecular complexity index is 761. The Balaban J connectivity index is 1.73. The van der Waals surface area contributed by atoms with Crippen molar-refractivity contribution in [3.05, 3.63) is 65.7 Å². The summed E-state index contributed by atoms with van der Waals surface area (Å²) in [4.78, 5) is 28.8. The summed E-state index contributed by atoms with van der Waals surface area (Å²) in [7, 11) is 1.51. The van der Waals surface area contributed by atoms with Crippen LogP contribution in [0, 0.1) is 6.92 Å². The predicted octanol–water partition coefficient (Wildman–Crippen LogP) is 2.56. The number of hydrogen-bond donors (Lipinski definition) is 0. The van der Waals surface area contributed by atoms with Gasteiger partial charge in [-0.3, -0.25) is 9.59 Å². The lowest BCUT2D eigenvalue weighted by Crippen LogP contribution is -2.53. The van der Waals surface area contributed by atoms with Gasteiger partial charge < -0.3 is 14.5 Å². The molecule has 0 unspecified atom stereocenters. The van der Waals surface area contributed by atoms with E-state index in [1.165, 1.54) is 7.11 Å². The van der Waals surface area contributed by atoms with E-state index in [-0.39, 0.29) is 18.4 Å². The number of para-hydroxylation sites is 1. The van der Waals surface area contributed by atoms with E-state index >= 15 is 0 Å². The molecule has 0 spiro atoms. The number of methoxy groups -OCH3 is 1. The second-order valence-corrected chi connectivity index (χ2v) is 6.12. The number of piperazine rings is 1. The van der Waals surface area contributed by atoms with Crippen molar-refractivity contribution < 1.29 is 14.3 Å². The minimum Gasteiger partial charge on any atom is -0.367 e. The molecular weight excluding hydrogens is 316 g/mol. The molecule has 1 aliphatic heterocycles. The average molecular weight is 338 g/mol. The molecule has 0 aromatic heterocycles. The molecule has 1 aliphatic rings. The zero-order valence-corrected chi connectivity index (χ0v) is 14.5. The normalized spacial score (nSPS) is 16.0. The molecule has 0 radical (unpaired) electrons.